The molecule has 0 aliphatic carbocycles. The van der Waals surface area contributed by atoms with Gasteiger partial charge in [-0.15, -0.1) is 0 Å². The van der Waals surface area contributed by atoms with Crippen molar-refractivity contribution in [1.82, 2.24) is 9.21 Å². The zero-order chi connectivity index (χ0) is 21.9. The van der Waals surface area contributed by atoms with Gasteiger partial charge in [-0.2, -0.15) is 4.31 Å². The van der Waals surface area contributed by atoms with Gasteiger partial charge < -0.3 is 24.3 Å². The van der Waals surface area contributed by atoms with Crippen LogP contribution in [0.25, 0.3) is 0 Å². The highest BCUT2D eigenvalue weighted by molar-refractivity contribution is 7.89. The maximum atomic E-state index is 13.0. The number of hydrogen-bond acceptors (Lipinski definition) is 7. The lowest BCUT2D eigenvalue weighted by Gasteiger charge is -2.34. The van der Waals surface area contributed by atoms with Crippen LogP contribution in [0.3, 0.4) is 0 Å². The van der Waals surface area contributed by atoms with E-state index >= 15 is 0 Å². The number of carboxylic acid groups (broad SMARTS) is 1. The van der Waals surface area contributed by atoms with Crippen LogP contribution >= 0.6 is 0 Å². The fraction of sp³-hybridized carbons (Fsp3) is 0.300. The lowest BCUT2D eigenvalue weighted by atomic mass is 10.1. The smallest absolute Gasteiger partial charge is 0.254 e. The van der Waals surface area contributed by atoms with Crippen LogP contribution in [-0.2, 0) is 10.0 Å². The summed E-state index contributed by atoms with van der Waals surface area (Å²) in [5, 5.41) is 11.3. The Hall–Kier alpha value is -3.11. The van der Waals surface area contributed by atoms with Crippen molar-refractivity contribution in [3.63, 3.8) is 0 Å². The maximum Gasteiger partial charge on any atom is 0.254 e. The van der Waals surface area contributed by atoms with Crippen LogP contribution in [0.5, 0.6) is 11.5 Å². The molecule has 0 bridgehead atoms. The summed E-state index contributed by atoms with van der Waals surface area (Å²) in [7, 11) is -0.920. The molecule has 0 radical (unpaired) electrons. The number of carbonyl (C=O) groups excluding carboxylic acids is 2. The molecule has 0 saturated carbocycles. The van der Waals surface area contributed by atoms with Gasteiger partial charge in [0.05, 0.1) is 25.1 Å². The van der Waals surface area contributed by atoms with Crippen molar-refractivity contribution in [2.24, 2.45) is 0 Å². The van der Waals surface area contributed by atoms with E-state index in [9.17, 15) is 23.1 Å². The molecule has 1 aliphatic rings. The molecule has 3 rings (SSSR count). The maximum absolute atomic E-state index is 13.0. The number of piperazine rings is 1. The number of sulfonamides is 1. The van der Waals surface area contributed by atoms with Crippen molar-refractivity contribution in [2.75, 3.05) is 40.4 Å². The van der Waals surface area contributed by atoms with E-state index in [4.69, 9.17) is 9.47 Å². The molecule has 10 heteroatoms. The minimum absolute atomic E-state index is 0.0219. The van der Waals surface area contributed by atoms with Gasteiger partial charge in [0.25, 0.3) is 5.91 Å². The van der Waals surface area contributed by atoms with Crippen molar-refractivity contribution in [3.8, 4) is 11.5 Å². The zero-order valence-electron chi connectivity index (χ0n) is 16.5. The minimum Gasteiger partial charge on any atom is -0.545 e. The molecule has 0 atom stereocenters. The molecule has 30 heavy (non-hydrogen) atoms. The van der Waals surface area contributed by atoms with E-state index in [1.165, 1.54) is 59.8 Å². The first-order valence-electron chi connectivity index (χ1n) is 9.11. The molecule has 2 aromatic carbocycles. The Morgan fingerprint density at radius 2 is 1.50 bits per heavy atom. The van der Waals surface area contributed by atoms with Crippen LogP contribution in [0.2, 0.25) is 0 Å². The molecule has 9 nitrogen and oxygen atoms in total. The van der Waals surface area contributed by atoms with E-state index in [-0.39, 0.29) is 42.2 Å². The Balaban J connectivity index is 1.75. The normalized spacial score (nSPS) is 14.9. The summed E-state index contributed by atoms with van der Waals surface area (Å²) in [5.41, 5.74) is -0.170. The third-order valence-corrected chi connectivity index (χ3v) is 6.79. The summed E-state index contributed by atoms with van der Waals surface area (Å²) in [4.78, 5) is 25.5. The number of methoxy groups -OCH3 is 2. The highest BCUT2D eigenvalue weighted by Gasteiger charge is 2.31. The zero-order valence-corrected chi connectivity index (χ0v) is 17.3. The lowest BCUT2D eigenvalue weighted by Crippen LogP contribution is -2.50. The number of hydrogen-bond donors (Lipinski definition) is 0. The third kappa shape index (κ3) is 4.10. The third-order valence-electron chi connectivity index (χ3n) is 4.90. The van der Waals surface area contributed by atoms with Crippen LogP contribution in [-0.4, -0.2) is 69.9 Å². The second-order valence-electron chi connectivity index (χ2n) is 6.55. The number of ether oxygens (including phenoxy) is 2. The number of nitrogens with zero attached hydrogens (tertiary/aromatic N) is 2. The van der Waals surface area contributed by atoms with Crippen molar-refractivity contribution in [3.05, 3.63) is 53.6 Å². The molecule has 2 aromatic rings. The van der Waals surface area contributed by atoms with Gasteiger partial charge in [-0.25, -0.2) is 8.42 Å². The molecule has 1 saturated heterocycles. The number of amides is 1. The molecule has 0 aromatic heterocycles. The highest BCUT2D eigenvalue weighted by Crippen LogP contribution is 2.31. The van der Waals surface area contributed by atoms with Crippen LogP contribution < -0.4 is 14.6 Å². The Bertz CT molecular complexity index is 1060. The standard InChI is InChI=1S/C20H22N2O7S/c1-28-17-8-7-14(13-18(17)29-2)30(26,27)22-11-9-21(10-12-22)19(23)15-5-3-4-6-16(15)20(24)25/h3-8,13H,9-12H2,1-2H3,(H,24,25)/p-1. The van der Waals surface area contributed by atoms with E-state index in [2.05, 4.69) is 0 Å². The summed E-state index contributed by atoms with van der Waals surface area (Å²) in [6.45, 7) is 0.422. The first kappa shape index (κ1) is 21.6. The van der Waals surface area contributed by atoms with Crippen LogP contribution in [0.1, 0.15) is 20.7 Å². The summed E-state index contributed by atoms with van der Waals surface area (Å²) < 4.78 is 37.6. The molecule has 160 valence electrons. The Kier molecular flexibility index (Phi) is 6.28. The monoisotopic (exact) mass is 433 g/mol. The molecular formula is C20H21N2O7S-. The number of rotatable bonds is 6. The largest absolute Gasteiger partial charge is 0.545 e. The Morgan fingerprint density at radius 1 is 0.900 bits per heavy atom. The van der Waals surface area contributed by atoms with E-state index < -0.39 is 21.9 Å². The fourth-order valence-corrected chi connectivity index (χ4v) is 4.71. The second kappa shape index (κ2) is 8.72. The van der Waals surface area contributed by atoms with Gasteiger partial charge in [0.2, 0.25) is 10.0 Å². The van der Waals surface area contributed by atoms with E-state index in [1.54, 1.807) is 6.07 Å². The van der Waals surface area contributed by atoms with Crippen molar-refractivity contribution < 1.29 is 32.6 Å². The Morgan fingerprint density at radius 3 is 2.07 bits per heavy atom. The average molecular weight is 433 g/mol. The average Bonchev–Trinajstić information content (AvgIpc) is 2.78. The van der Waals surface area contributed by atoms with Crippen LogP contribution in [0.4, 0.5) is 0 Å². The molecular weight excluding hydrogens is 412 g/mol. The van der Waals surface area contributed by atoms with Gasteiger partial charge in [0.15, 0.2) is 11.5 Å². The molecule has 0 unspecified atom stereocenters. The van der Waals surface area contributed by atoms with E-state index in [0.29, 0.717) is 11.5 Å². The first-order valence-corrected chi connectivity index (χ1v) is 10.6. The SMILES string of the molecule is COc1ccc(S(=O)(=O)N2CCN(C(=O)c3ccccc3C(=O)[O-])CC2)cc1OC. The van der Waals surface area contributed by atoms with E-state index in [1.807, 2.05) is 0 Å². The van der Waals surface area contributed by atoms with Gasteiger partial charge in [-0.05, 0) is 18.2 Å². The lowest BCUT2D eigenvalue weighted by molar-refractivity contribution is -0.255. The summed E-state index contributed by atoms with van der Waals surface area (Å²) in [5.74, 6) is -1.20. The number of benzene rings is 2. The topological polar surface area (TPSA) is 116 Å². The van der Waals surface area contributed by atoms with Gasteiger partial charge in [0, 0.05) is 43.4 Å². The molecule has 1 amide bonds. The van der Waals surface area contributed by atoms with Gasteiger partial charge in [-0.1, -0.05) is 18.2 Å². The van der Waals surface area contributed by atoms with Gasteiger partial charge in [0.1, 0.15) is 0 Å². The molecule has 0 spiro atoms. The second-order valence-corrected chi connectivity index (χ2v) is 8.48. The first-order chi connectivity index (χ1) is 14.3. The summed E-state index contributed by atoms with van der Waals surface area (Å²) in [6, 6.07) is 10.1. The quantitative estimate of drug-likeness (QED) is 0.639. The highest BCUT2D eigenvalue weighted by atomic mass is 32.2. The molecule has 1 fully saturated rings. The molecule has 0 N–H and O–H groups in total. The number of carboxylic acids is 1. The van der Waals surface area contributed by atoms with Crippen LogP contribution in [0, 0.1) is 0 Å². The van der Waals surface area contributed by atoms with Gasteiger partial charge in [-0.3, -0.25) is 4.79 Å². The number of aromatic carboxylic acids is 1. The van der Waals surface area contributed by atoms with Crippen molar-refractivity contribution >= 4 is 21.9 Å². The summed E-state index contributed by atoms with van der Waals surface area (Å²) in [6.07, 6.45) is 0. The van der Waals surface area contributed by atoms with Gasteiger partial charge >= 0.3 is 0 Å². The van der Waals surface area contributed by atoms with Crippen molar-refractivity contribution in [2.45, 2.75) is 4.90 Å². The van der Waals surface area contributed by atoms with Crippen molar-refractivity contribution in [1.29, 1.82) is 0 Å². The molecule has 1 aliphatic heterocycles. The van der Waals surface area contributed by atoms with Crippen LogP contribution in [0.15, 0.2) is 47.4 Å². The molecule has 1 heterocycles. The number of carbonyl (C=O) groups is 2. The predicted octanol–water partition coefficient (Wildman–Crippen LogP) is 0.214. The fourth-order valence-electron chi connectivity index (χ4n) is 3.28. The Labute approximate surface area is 174 Å². The minimum atomic E-state index is -3.80. The summed E-state index contributed by atoms with van der Waals surface area (Å²) >= 11 is 0. The predicted molar refractivity (Wildman–Crippen MR) is 105 cm³/mol. The van der Waals surface area contributed by atoms with E-state index in [0.717, 1.165) is 0 Å².